The Morgan fingerprint density at radius 1 is 1.11 bits per heavy atom. The highest BCUT2D eigenvalue weighted by atomic mass is 32.2. The van der Waals surface area contributed by atoms with Crippen molar-refractivity contribution in [1.82, 2.24) is 4.31 Å². The van der Waals surface area contributed by atoms with Crippen molar-refractivity contribution in [2.24, 2.45) is 11.8 Å². The maximum absolute atomic E-state index is 14.8. The van der Waals surface area contributed by atoms with E-state index in [1.807, 2.05) is 32.4 Å². The SMILES string of the molecule is C/C(=C\c1cc(S(=O)(=O)N2CCC(O)CC2)ccc1F)[C@H]1OC(=O)C[C@H](O)CC[C@@H](C)[CH]/C=C/[C@@H]1C. The lowest BCUT2D eigenvalue weighted by atomic mass is 9.93. The maximum Gasteiger partial charge on any atom is 0.309 e. The Kier molecular flexibility index (Phi) is 9.86. The fourth-order valence-electron chi connectivity index (χ4n) is 4.53. The summed E-state index contributed by atoms with van der Waals surface area (Å²) in [6.07, 6.45) is 7.18. The second-order valence-corrected chi connectivity index (χ2v) is 11.9. The molecule has 7 nitrogen and oxygen atoms in total. The van der Waals surface area contributed by atoms with Gasteiger partial charge in [-0.2, -0.15) is 4.31 Å². The van der Waals surface area contributed by atoms with E-state index in [0.29, 0.717) is 24.8 Å². The molecule has 2 N–H and O–H groups in total. The number of aliphatic hydroxyl groups is 2. The molecule has 1 aromatic carbocycles. The number of carbonyl (C=O) groups excluding carboxylic acids is 1. The van der Waals surface area contributed by atoms with Crippen molar-refractivity contribution in [3.8, 4) is 0 Å². The normalized spacial score (nSPS) is 29.2. The van der Waals surface area contributed by atoms with Crippen LogP contribution in [0.5, 0.6) is 0 Å². The van der Waals surface area contributed by atoms with Gasteiger partial charge in [0.15, 0.2) is 0 Å². The molecule has 2 heterocycles. The summed E-state index contributed by atoms with van der Waals surface area (Å²) >= 11 is 0. The number of esters is 1. The highest BCUT2D eigenvalue weighted by Gasteiger charge is 2.29. The van der Waals surface area contributed by atoms with Crippen molar-refractivity contribution in [1.29, 1.82) is 0 Å². The van der Waals surface area contributed by atoms with E-state index in [4.69, 9.17) is 4.74 Å². The highest BCUT2D eigenvalue weighted by molar-refractivity contribution is 7.89. The zero-order valence-corrected chi connectivity index (χ0v) is 22.0. The number of halogens is 1. The standard InChI is InChI=1S/C27H37FNO6S/c1-18-5-4-6-19(2)27(35-26(32)17-23(31)8-7-18)20(3)15-21-16-24(9-10-25(21)28)36(33,34)29-13-11-22(30)12-14-29/h4-6,9-10,15-16,18-19,22-23,27,30-31H,7-8,11-14,17H2,1-3H3/b6-4+,20-15+/t18-,19-,23+,27-/m0/s1. The van der Waals surface area contributed by atoms with E-state index in [-0.39, 0.29) is 41.8 Å². The first-order valence-electron chi connectivity index (χ1n) is 12.5. The van der Waals surface area contributed by atoms with Gasteiger partial charge in [0.25, 0.3) is 0 Å². The number of sulfonamides is 1. The molecule has 3 rings (SSSR count). The third-order valence-electron chi connectivity index (χ3n) is 6.81. The van der Waals surface area contributed by atoms with Crippen LogP contribution in [0.15, 0.2) is 40.8 Å². The average Bonchev–Trinajstić information content (AvgIpc) is 2.82. The van der Waals surface area contributed by atoms with Gasteiger partial charge in [-0.3, -0.25) is 4.79 Å². The number of allylic oxidation sites excluding steroid dienone is 1. The number of nitrogens with zero attached hydrogens (tertiary/aromatic N) is 1. The topological polar surface area (TPSA) is 104 Å². The molecule has 1 aromatic rings. The monoisotopic (exact) mass is 522 g/mol. The van der Waals surface area contributed by atoms with E-state index in [2.05, 4.69) is 0 Å². The molecule has 1 radical (unpaired) electrons. The first-order chi connectivity index (χ1) is 17.0. The molecule has 0 unspecified atom stereocenters. The summed E-state index contributed by atoms with van der Waals surface area (Å²) in [6.45, 7) is 6.05. The maximum atomic E-state index is 14.8. The molecule has 4 atom stereocenters. The zero-order chi connectivity index (χ0) is 26.5. The molecule has 0 bridgehead atoms. The lowest BCUT2D eigenvalue weighted by molar-refractivity contribution is -0.151. The van der Waals surface area contributed by atoms with Crippen LogP contribution in [0.3, 0.4) is 0 Å². The quantitative estimate of drug-likeness (QED) is 0.582. The van der Waals surface area contributed by atoms with E-state index >= 15 is 0 Å². The predicted octanol–water partition coefficient (Wildman–Crippen LogP) is 3.86. The number of carbonyl (C=O) groups is 1. The second-order valence-electron chi connectivity index (χ2n) is 9.97. The summed E-state index contributed by atoms with van der Waals surface area (Å²) in [7, 11) is -3.85. The Bertz CT molecular complexity index is 1080. The minimum atomic E-state index is -3.85. The molecule has 0 aliphatic carbocycles. The summed E-state index contributed by atoms with van der Waals surface area (Å²) in [6, 6.07) is 3.64. The van der Waals surface area contributed by atoms with Crippen molar-refractivity contribution >= 4 is 22.1 Å². The van der Waals surface area contributed by atoms with Gasteiger partial charge in [0.2, 0.25) is 10.0 Å². The molecule has 9 heteroatoms. The molecule has 1 saturated heterocycles. The molecular weight excluding hydrogens is 485 g/mol. The van der Waals surface area contributed by atoms with Crippen LogP contribution in [0.1, 0.15) is 58.4 Å². The van der Waals surface area contributed by atoms with Crippen molar-refractivity contribution in [3.63, 3.8) is 0 Å². The van der Waals surface area contributed by atoms with E-state index in [9.17, 15) is 27.8 Å². The van der Waals surface area contributed by atoms with E-state index in [0.717, 1.165) is 12.5 Å². The molecule has 1 fully saturated rings. The van der Waals surface area contributed by atoms with Gasteiger partial charge in [-0.1, -0.05) is 26.0 Å². The number of benzene rings is 1. The fourth-order valence-corrected chi connectivity index (χ4v) is 6.04. The predicted molar refractivity (Wildman–Crippen MR) is 136 cm³/mol. The van der Waals surface area contributed by atoms with Crippen LogP contribution in [0.25, 0.3) is 6.08 Å². The molecule has 2 aliphatic heterocycles. The van der Waals surface area contributed by atoms with Crippen molar-refractivity contribution < 1.29 is 32.6 Å². The average molecular weight is 523 g/mol. The Morgan fingerprint density at radius 2 is 1.81 bits per heavy atom. The molecular formula is C27H37FNO6S. The van der Waals surface area contributed by atoms with Gasteiger partial charge in [-0.25, -0.2) is 12.8 Å². The minimum absolute atomic E-state index is 0.0327. The first kappa shape index (κ1) is 28.5. The highest BCUT2D eigenvalue weighted by Crippen LogP contribution is 2.27. The minimum Gasteiger partial charge on any atom is -0.457 e. The summed E-state index contributed by atoms with van der Waals surface area (Å²) in [5.41, 5.74) is 0.624. The van der Waals surface area contributed by atoms with Crippen molar-refractivity contribution in [3.05, 3.63) is 53.7 Å². The summed E-state index contributed by atoms with van der Waals surface area (Å²) in [5.74, 6) is -1.13. The Balaban J connectivity index is 1.89. The molecule has 0 aromatic heterocycles. The van der Waals surface area contributed by atoms with Crippen molar-refractivity contribution in [2.45, 2.75) is 76.1 Å². The number of aliphatic hydroxyl groups excluding tert-OH is 2. The molecule has 0 saturated carbocycles. The third-order valence-corrected chi connectivity index (χ3v) is 8.70. The third kappa shape index (κ3) is 7.47. The largest absolute Gasteiger partial charge is 0.457 e. The number of piperidine rings is 1. The number of cyclic esters (lactones) is 1. The number of ether oxygens (including phenoxy) is 1. The van der Waals surface area contributed by atoms with Gasteiger partial charge in [-0.05, 0) is 74.8 Å². The lowest BCUT2D eigenvalue weighted by Gasteiger charge is -2.28. The number of hydrogen-bond donors (Lipinski definition) is 2. The smallest absolute Gasteiger partial charge is 0.309 e. The Hall–Kier alpha value is -2.07. The van der Waals surface area contributed by atoms with Crippen LogP contribution in [0.4, 0.5) is 4.39 Å². The first-order valence-corrected chi connectivity index (χ1v) is 14.0. The summed E-state index contributed by atoms with van der Waals surface area (Å²) in [4.78, 5) is 12.5. The molecule has 2 aliphatic rings. The second kappa shape index (κ2) is 12.4. The van der Waals surface area contributed by atoms with Crippen molar-refractivity contribution in [2.75, 3.05) is 13.1 Å². The summed E-state index contributed by atoms with van der Waals surface area (Å²) < 4.78 is 48.0. The Labute approximate surface area is 213 Å². The molecule has 0 amide bonds. The van der Waals surface area contributed by atoms with Crippen LogP contribution in [-0.2, 0) is 19.6 Å². The number of hydrogen-bond acceptors (Lipinski definition) is 6. The fraction of sp³-hybridized carbons (Fsp3) is 0.556. The van der Waals surface area contributed by atoms with Gasteiger partial charge in [-0.15, -0.1) is 0 Å². The lowest BCUT2D eigenvalue weighted by Crippen LogP contribution is -2.40. The van der Waals surface area contributed by atoms with Crippen LogP contribution >= 0.6 is 0 Å². The zero-order valence-electron chi connectivity index (χ0n) is 21.1. The molecule has 199 valence electrons. The van der Waals surface area contributed by atoms with Gasteiger partial charge < -0.3 is 14.9 Å². The van der Waals surface area contributed by atoms with Gasteiger partial charge in [0.05, 0.1) is 23.5 Å². The van der Waals surface area contributed by atoms with Gasteiger partial charge in [0.1, 0.15) is 11.9 Å². The van der Waals surface area contributed by atoms with Crippen LogP contribution in [-0.4, -0.2) is 60.3 Å². The molecule has 0 spiro atoms. The molecule has 36 heavy (non-hydrogen) atoms. The van der Waals surface area contributed by atoms with E-state index in [1.165, 1.54) is 22.5 Å². The van der Waals surface area contributed by atoms with Crippen LogP contribution < -0.4 is 0 Å². The van der Waals surface area contributed by atoms with E-state index < -0.39 is 40.1 Å². The van der Waals surface area contributed by atoms with Crippen LogP contribution in [0, 0.1) is 24.1 Å². The Morgan fingerprint density at radius 3 is 2.50 bits per heavy atom. The number of rotatable bonds is 4. The summed E-state index contributed by atoms with van der Waals surface area (Å²) in [5, 5.41) is 19.9. The van der Waals surface area contributed by atoms with Gasteiger partial charge >= 0.3 is 5.97 Å². The van der Waals surface area contributed by atoms with E-state index in [1.54, 1.807) is 6.92 Å². The van der Waals surface area contributed by atoms with Gasteiger partial charge in [0, 0.05) is 24.6 Å². The van der Waals surface area contributed by atoms with Crippen LogP contribution in [0.2, 0.25) is 0 Å².